The van der Waals surface area contributed by atoms with Crippen LogP contribution in [0.2, 0.25) is 0 Å². The molecule has 7 heteroatoms. The summed E-state index contributed by atoms with van der Waals surface area (Å²) in [5.41, 5.74) is 0.0937. The molecule has 1 rings (SSSR count). The molecule has 1 aromatic heterocycles. The Morgan fingerprint density at radius 2 is 2.29 bits per heavy atom. The number of methoxy groups -OCH3 is 1. The summed E-state index contributed by atoms with van der Waals surface area (Å²) in [7, 11) is -1.91. The molecule has 0 saturated carbocycles. The predicted octanol–water partition coefficient (Wildman–Crippen LogP) is -0.328. The van der Waals surface area contributed by atoms with Crippen LogP contribution in [0.1, 0.15) is 10.5 Å². The second-order valence-corrected chi connectivity index (χ2v) is 4.90. The van der Waals surface area contributed by atoms with Crippen LogP contribution >= 0.6 is 0 Å². The summed E-state index contributed by atoms with van der Waals surface area (Å²) >= 11 is 0. The molecule has 0 unspecified atom stereocenters. The molecule has 0 fully saturated rings. The Kier molecular flexibility index (Phi) is 2.90. The largest absolute Gasteiger partial charge is 0.464 e. The summed E-state index contributed by atoms with van der Waals surface area (Å²) in [5.74, 6) is -0.832. The highest BCUT2D eigenvalue weighted by Gasteiger charge is 2.11. The van der Waals surface area contributed by atoms with Gasteiger partial charge in [0.05, 0.1) is 7.11 Å². The van der Waals surface area contributed by atoms with Gasteiger partial charge in [-0.3, -0.25) is 4.68 Å². The summed E-state index contributed by atoms with van der Waals surface area (Å²) in [6, 6.07) is 1.40. The van der Waals surface area contributed by atoms with Crippen molar-refractivity contribution < 1.29 is 17.9 Å². The molecule has 0 bridgehead atoms. The second kappa shape index (κ2) is 3.79. The van der Waals surface area contributed by atoms with Crippen LogP contribution in [0.25, 0.3) is 0 Å². The van der Waals surface area contributed by atoms with E-state index in [1.54, 1.807) is 0 Å². The molecule has 0 amide bonds. The lowest BCUT2D eigenvalue weighted by atomic mass is 10.4. The first-order chi connectivity index (χ1) is 6.42. The smallest absolute Gasteiger partial charge is 0.358 e. The lowest BCUT2D eigenvalue weighted by molar-refractivity contribution is 0.0593. The molecule has 1 heterocycles. The molecule has 0 atom stereocenters. The lowest BCUT2D eigenvalue weighted by Crippen LogP contribution is -2.11. The van der Waals surface area contributed by atoms with Crippen molar-refractivity contribution in [1.82, 2.24) is 9.78 Å². The predicted molar refractivity (Wildman–Crippen MR) is 48.4 cm³/mol. The van der Waals surface area contributed by atoms with Crippen molar-refractivity contribution in [3.63, 3.8) is 0 Å². The fraction of sp³-hybridized carbons (Fsp3) is 0.429. The van der Waals surface area contributed by atoms with Gasteiger partial charge in [0.2, 0.25) is 0 Å². The molecule has 1 aromatic rings. The Hall–Kier alpha value is -1.37. The second-order valence-electron chi connectivity index (χ2n) is 2.79. The highest BCUT2D eigenvalue weighted by molar-refractivity contribution is 7.89. The quantitative estimate of drug-likeness (QED) is 0.649. The summed E-state index contributed by atoms with van der Waals surface area (Å²) < 4.78 is 27.3. The molecule has 14 heavy (non-hydrogen) atoms. The van der Waals surface area contributed by atoms with Gasteiger partial charge in [-0.2, -0.15) is 5.10 Å². The van der Waals surface area contributed by atoms with Crippen LogP contribution in [-0.4, -0.2) is 37.5 Å². The van der Waals surface area contributed by atoms with Crippen LogP contribution in [0.5, 0.6) is 0 Å². The molecule has 0 radical (unpaired) electrons. The zero-order valence-electron chi connectivity index (χ0n) is 7.80. The van der Waals surface area contributed by atoms with E-state index in [2.05, 4.69) is 9.84 Å². The third-order valence-electron chi connectivity index (χ3n) is 1.40. The molecular formula is C7H10N2O4S. The van der Waals surface area contributed by atoms with Crippen molar-refractivity contribution in [2.75, 3.05) is 13.4 Å². The maximum absolute atomic E-state index is 10.9. The summed E-state index contributed by atoms with van der Waals surface area (Å²) in [6.07, 6.45) is 2.50. The molecule has 0 N–H and O–H groups in total. The van der Waals surface area contributed by atoms with Crippen LogP contribution < -0.4 is 0 Å². The molecule has 0 aliphatic rings. The highest BCUT2D eigenvalue weighted by atomic mass is 32.2. The van der Waals surface area contributed by atoms with Gasteiger partial charge >= 0.3 is 5.97 Å². The van der Waals surface area contributed by atoms with Crippen molar-refractivity contribution in [3.05, 3.63) is 18.0 Å². The molecule has 0 aromatic carbocycles. The minimum atomic E-state index is -3.15. The zero-order valence-corrected chi connectivity index (χ0v) is 8.61. The van der Waals surface area contributed by atoms with Crippen LogP contribution in [0, 0.1) is 0 Å². The fourth-order valence-corrected chi connectivity index (χ4v) is 1.51. The van der Waals surface area contributed by atoms with Gasteiger partial charge in [0.25, 0.3) is 0 Å². The Morgan fingerprint density at radius 3 is 2.79 bits per heavy atom. The van der Waals surface area contributed by atoms with Gasteiger partial charge in [0, 0.05) is 12.5 Å². The van der Waals surface area contributed by atoms with E-state index in [1.165, 1.54) is 24.1 Å². The third-order valence-corrected chi connectivity index (χ3v) is 2.14. The first kappa shape index (κ1) is 10.7. The van der Waals surface area contributed by atoms with E-state index in [1.807, 2.05) is 0 Å². The number of ether oxygens (including phenoxy) is 1. The number of carbonyl (C=O) groups is 1. The van der Waals surface area contributed by atoms with Gasteiger partial charge in [-0.05, 0) is 6.07 Å². The van der Waals surface area contributed by atoms with Crippen molar-refractivity contribution in [3.8, 4) is 0 Å². The van der Waals surface area contributed by atoms with Crippen LogP contribution in [0.4, 0.5) is 0 Å². The molecule has 0 aliphatic carbocycles. The summed E-state index contributed by atoms with van der Waals surface area (Å²) in [4.78, 5) is 10.9. The van der Waals surface area contributed by atoms with E-state index in [4.69, 9.17) is 0 Å². The third kappa shape index (κ3) is 2.84. The maximum atomic E-state index is 10.9. The highest BCUT2D eigenvalue weighted by Crippen LogP contribution is 1.99. The van der Waals surface area contributed by atoms with E-state index in [0.717, 1.165) is 6.26 Å². The zero-order chi connectivity index (χ0) is 10.8. The van der Waals surface area contributed by atoms with Crippen molar-refractivity contribution >= 4 is 15.8 Å². The van der Waals surface area contributed by atoms with Gasteiger partial charge < -0.3 is 4.74 Å². The van der Waals surface area contributed by atoms with E-state index in [0.29, 0.717) is 0 Å². The van der Waals surface area contributed by atoms with Crippen molar-refractivity contribution in [2.24, 2.45) is 0 Å². The first-order valence-corrected chi connectivity index (χ1v) is 5.78. The molecule has 0 saturated heterocycles. The molecule has 78 valence electrons. The number of carbonyl (C=O) groups excluding carboxylic acids is 1. The van der Waals surface area contributed by atoms with E-state index >= 15 is 0 Å². The monoisotopic (exact) mass is 218 g/mol. The number of hydrogen-bond donors (Lipinski definition) is 0. The van der Waals surface area contributed by atoms with E-state index in [9.17, 15) is 13.2 Å². The standard InChI is InChI=1S/C7H10N2O4S/c1-13-7(10)6-3-4-9(8-6)5-14(2,11)12/h3-4H,5H2,1-2H3. The van der Waals surface area contributed by atoms with Gasteiger partial charge in [0.1, 0.15) is 5.88 Å². The van der Waals surface area contributed by atoms with Crippen molar-refractivity contribution in [2.45, 2.75) is 5.88 Å². The molecular weight excluding hydrogens is 208 g/mol. The molecule has 6 nitrogen and oxygen atoms in total. The number of rotatable bonds is 3. The van der Waals surface area contributed by atoms with Gasteiger partial charge in [0.15, 0.2) is 15.5 Å². The summed E-state index contributed by atoms with van der Waals surface area (Å²) in [5, 5.41) is 3.73. The Labute approximate surface area is 81.4 Å². The SMILES string of the molecule is COC(=O)c1ccn(CS(C)(=O)=O)n1. The summed E-state index contributed by atoms with van der Waals surface area (Å²) in [6.45, 7) is 0. The Balaban J connectivity index is 2.84. The number of sulfone groups is 1. The normalized spacial score (nSPS) is 11.3. The van der Waals surface area contributed by atoms with Gasteiger partial charge in [-0.1, -0.05) is 0 Å². The van der Waals surface area contributed by atoms with Crippen molar-refractivity contribution in [1.29, 1.82) is 0 Å². The van der Waals surface area contributed by atoms with Crippen LogP contribution in [0.15, 0.2) is 12.3 Å². The number of hydrogen-bond acceptors (Lipinski definition) is 5. The van der Waals surface area contributed by atoms with Gasteiger partial charge in [-0.15, -0.1) is 0 Å². The number of nitrogens with zero attached hydrogens (tertiary/aromatic N) is 2. The molecule has 0 spiro atoms. The lowest BCUT2D eigenvalue weighted by Gasteiger charge is -1.97. The Morgan fingerprint density at radius 1 is 1.64 bits per heavy atom. The van der Waals surface area contributed by atoms with Crippen LogP contribution in [0.3, 0.4) is 0 Å². The molecule has 0 aliphatic heterocycles. The maximum Gasteiger partial charge on any atom is 0.358 e. The minimum Gasteiger partial charge on any atom is -0.464 e. The Bertz CT molecular complexity index is 434. The fourth-order valence-electron chi connectivity index (χ4n) is 0.887. The number of aromatic nitrogens is 2. The van der Waals surface area contributed by atoms with E-state index in [-0.39, 0.29) is 11.6 Å². The average molecular weight is 218 g/mol. The minimum absolute atomic E-state index is 0.0937. The first-order valence-electron chi connectivity index (χ1n) is 3.72. The van der Waals surface area contributed by atoms with Gasteiger partial charge in [-0.25, -0.2) is 13.2 Å². The van der Waals surface area contributed by atoms with E-state index < -0.39 is 15.8 Å². The average Bonchev–Trinajstić information content (AvgIpc) is 2.48. The van der Waals surface area contributed by atoms with Crippen LogP contribution in [-0.2, 0) is 20.5 Å². The number of esters is 1. The topological polar surface area (TPSA) is 78.3 Å².